The van der Waals surface area contributed by atoms with Crippen molar-refractivity contribution in [1.29, 1.82) is 0 Å². The molecule has 0 bridgehead atoms. The van der Waals surface area contributed by atoms with Crippen molar-refractivity contribution in [3.8, 4) is 0 Å². The summed E-state index contributed by atoms with van der Waals surface area (Å²) in [4.78, 5) is 0. The van der Waals surface area contributed by atoms with E-state index < -0.39 is 6.00 Å². The van der Waals surface area contributed by atoms with Gasteiger partial charge in [-0.05, 0) is 12.8 Å². The quantitative estimate of drug-likeness (QED) is 0.377. The zero-order valence-electron chi connectivity index (χ0n) is 8.48. The molecule has 1 saturated carbocycles. The van der Waals surface area contributed by atoms with E-state index in [4.69, 9.17) is 33.2 Å². The predicted molar refractivity (Wildman–Crippen MR) is 68.5 cm³/mol. The summed E-state index contributed by atoms with van der Waals surface area (Å²) in [7, 11) is 0. The third kappa shape index (κ3) is 3.77. The Balaban J connectivity index is 2.66. The Morgan fingerprint density at radius 2 is 1.71 bits per heavy atom. The van der Waals surface area contributed by atoms with Crippen LogP contribution in [-0.4, -0.2) is 6.00 Å². The molecular weight excluding hydrogens is 255 g/mol. The maximum Gasteiger partial charge on any atom is 0.348 e. The Morgan fingerprint density at radius 1 is 1.14 bits per heavy atom. The van der Waals surface area contributed by atoms with Crippen molar-refractivity contribution in [3.63, 3.8) is 0 Å². The average molecular weight is 272 g/mol. The van der Waals surface area contributed by atoms with E-state index in [1.807, 2.05) is 13.0 Å². The van der Waals surface area contributed by atoms with Gasteiger partial charge in [0.1, 0.15) is 0 Å². The molecule has 1 fully saturated rings. The molecule has 0 N–H and O–H groups in total. The maximum atomic E-state index is 6.13. The first kappa shape index (κ1) is 12.9. The molecule has 82 valence electrons. The van der Waals surface area contributed by atoms with Crippen molar-refractivity contribution in [3.05, 3.63) is 12.2 Å². The monoisotopic (exact) mass is 270 g/mol. The van der Waals surface area contributed by atoms with Crippen LogP contribution in [0.3, 0.4) is 0 Å². The van der Waals surface area contributed by atoms with Crippen LogP contribution in [0.5, 0.6) is 0 Å². The van der Waals surface area contributed by atoms with Gasteiger partial charge in [0.05, 0.1) is 0 Å². The third-order valence-corrected chi connectivity index (χ3v) is 6.62. The molecule has 0 unspecified atom stereocenters. The molecule has 1 atom stereocenters. The summed E-state index contributed by atoms with van der Waals surface area (Å²) in [5.41, 5.74) is 0.220. The Bertz CT molecular complexity index is 192. The second-order valence-corrected chi connectivity index (χ2v) is 12.8. The molecule has 4 heteroatoms. The van der Waals surface area contributed by atoms with Crippen LogP contribution < -0.4 is 0 Å². The van der Waals surface area contributed by atoms with Gasteiger partial charge >= 0.3 is 6.00 Å². The predicted octanol–water partition coefficient (Wildman–Crippen LogP) is 5.17. The van der Waals surface area contributed by atoms with E-state index in [0.717, 1.165) is 0 Å². The number of hydrogen-bond donors (Lipinski definition) is 0. The first-order valence-electron chi connectivity index (χ1n) is 5.25. The van der Waals surface area contributed by atoms with Crippen LogP contribution in [0.2, 0.25) is 5.54 Å². The van der Waals surface area contributed by atoms with E-state index in [1.54, 1.807) is 0 Å². The minimum absolute atomic E-state index is 0.220. The van der Waals surface area contributed by atoms with Gasteiger partial charge in [-0.25, -0.2) is 0 Å². The maximum absolute atomic E-state index is 6.13. The lowest BCUT2D eigenvalue weighted by molar-refractivity contribution is 0.360. The largest absolute Gasteiger partial charge is 0.348 e. The second-order valence-electron chi connectivity index (χ2n) is 3.99. The summed E-state index contributed by atoms with van der Waals surface area (Å²) in [5.74, 6) is 0.610. The topological polar surface area (TPSA) is 0 Å². The zero-order chi connectivity index (χ0) is 10.6. The molecule has 0 aromatic rings. The molecule has 0 nitrogen and oxygen atoms in total. The van der Waals surface area contributed by atoms with E-state index in [0.29, 0.717) is 5.92 Å². The van der Waals surface area contributed by atoms with Gasteiger partial charge < -0.3 is 0 Å². The summed E-state index contributed by atoms with van der Waals surface area (Å²) >= 11 is 18.4. The lowest BCUT2D eigenvalue weighted by atomic mass is 9.86. The summed E-state index contributed by atoms with van der Waals surface area (Å²) in [6.07, 6.45) is 10.5. The van der Waals surface area contributed by atoms with E-state index in [2.05, 4.69) is 6.08 Å². The molecule has 0 aliphatic heterocycles. The highest BCUT2D eigenvalue weighted by Gasteiger charge is 2.40. The zero-order valence-corrected chi connectivity index (χ0v) is 11.7. The lowest BCUT2D eigenvalue weighted by Crippen LogP contribution is -2.27. The molecule has 0 heterocycles. The minimum atomic E-state index is -2.57. The molecule has 1 aliphatic rings. The molecule has 0 spiro atoms. The number of halogens is 3. The molecule has 1 aliphatic carbocycles. The molecular formula is C10H17Cl3Si. The number of rotatable bonds is 3. The Kier molecular flexibility index (Phi) is 5.33. The van der Waals surface area contributed by atoms with E-state index in [1.165, 1.54) is 32.1 Å². The van der Waals surface area contributed by atoms with Crippen LogP contribution in [0.4, 0.5) is 0 Å². The van der Waals surface area contributed by atoms with Crippen LogP contribution in [0.1, 0.15) is 39.0 Å². The highest BCUT2D eigenvalue weighted by molar-refractivity contribution is 7.65. The van der Waals surface area contributed by atoms with E-state index >= 15 is 0 Å². The number of hydrogen-bond acceptors (Lipinski definition) is 0. The molecule has 0 aromatic heterocycles. The molecule has 0 saturated heterocycles. The summed E-state index contributed by atoms with van der Waals surface area (Å²) in [6.45, 7) is 2.00. The molecule has 14 heavy (non-hydrogen) atoms. The van der Waals surface area contributed by atoms with Crippen molar-refractivity contribution in [2.75, 3.05) is 0 Å². The Labute approximate surface area is 102 Å². The van der Waals surface area contributed by atoms with Crippen LogP contribution in [0.15, 0.2) is 12.2 Å². The molecule has 1 rings (SSSR count). The summed E-state index contributed by atoms with van der Waals surface area (Å²) < 4.78 is 0. The van der Waals surface area contributed by atoms with E-state index in [-0.39, 0.29) is 5.54 Å². The fourth-order valence-electron chi connectivity index (χ4n) is 2.23. The fraction of sp³-hybridized carbons (Fsp3) is 0.800. The summed E-state index contributed by atoms with van der Waals surface area (Å²) in [6, 6.07) is -2.57. The van der Waals surface area contributed by atoms with Crippen LogP contribution in [0, 0.1) is 5.92 Å². The first-order valence-corrected chi connectivity index (χ1v) is 10.4. The van der Waals surface area contributed by atoms with Crippen LogP contribution in [-0.2, 0) is 0 Å². The highest BCUT2D eigenvalue weighted by Crippen LogP contribution is 2.45. The number of allylic oxidation sites excluding steroid dienone is 2. The molecule has 0 aromatic carbocycles. The smallest absolute Gasteiger partial charge is 0.125 e. The molecule has 0 radical (unpaired) electrons. The van der Waals surface area contributed by atoms with Gasteiger partial charge in [0.2, 0.25) is 0 Å². The highest BCUT2D eigenvalue weighted by atomic mass is 35.8. The van der Waals surface area contributed by atoms with Crippen molar-refractivity contribution in [2.24, 2.45) is 5.92 Å². The first-order chi connectivity index (χ1) is 6.55. The normalized spacial score (nSPS) is 22.9. The van der Waals surface area contributed by atoms with E-state index in [9.17, 15) is 0 Å². The van der Waals surface area contributed by atoms with Gasteiger partial charge in [-0.1, -0.05) is 44.3 Å². The van der Waals surface area contributed by atoms with Crippen molar-refractivity contribution in [2.45, 2.75) is 44.6 Å². The standard InChI is InChI=1S/C10H17Cl3Si/c1-2-6-10(14(11,12)13)9-7-4-3-5-8-9/h2,6,9-10H,3-5,7-8H2,1H3/b6-2-/t10-/m1/s1. The summed E-state index contributed by atoms with van der Waals surface area (Å²) in [5, 5.41) is 0. The third-order valence-electron chi connectivity index (χ3n) is 2.94. The molecule has 0 amide bonds. The van der Waals surface area contributed by atoms with Gasteiger partial charge in [-0.2, -0.15) is 0 Å². The Morgan fingerprint density at radius 3 is 2.14 bits per heavy atom. The minimum Gasteiger partial charge on any atom is -0.125 e. The van der Waals surface area contributed by atoms with Gasteiger partial charge in [-0.15, -0.1) is 33.2 Å². The van der Waals surface area contributed by atoms with Gasteiger partial charge in [0.15, 0.2) is 0 Å². The second kappa shape index (κ2) is 5.79. The fourth-order valence-corrected chi connectivity index (χ4v) is 5.77. The SMILES string of the molecule is C/C=C\[C@H](C1CCCCC1)[Si](Cl)(Cl)Cl. The average Bonchev–Trinajstić information content (AvgIpc) is 2.14. The van der Waals surface area contributed by atoms with Crippen molar-refractivity contribution >= 4 is 39.2 Å². The van der Waals surface area contributed by atoms with Crippen LogP contribution in [0.25, 0.3) is 0 Å². The van der Waals surface area contributed by atoms with Gasteiger partial charge in [0.25, 0.3) is 0 Å². The Hall–Kier alpha value is 0.827. The van der Waals surface area contributed by atoms with Crippen molar-refractivity contribution in [1.82, 2.24) is 0 Å². The van der Waals surface area contributed by atoms with Gasteiger partial charge in [0, 0.05) is 5.54 Å². The lowest BCUT2D eigenvalue weighted by Gasteiger charge is -2.31. The van der Waals surface area contributed by atoms with Gasteiger partial charge in [-0.3, -0.25) is 0 Å². The van der Waals surface area contributed by atoms with Crippen molar-refractivity contribution < 1.29 is 0 Å². The van der Waals surface area contributed by atoms with Crippen LogP contribution >= 0.6 is 33.2 Å².